The number of allylic oxidation sites excluding steroid dienone is 1. The zero-order valence-corrected chi connectivity index (χ0v) is 15.0. The van der Waals surface area contributed by atoms with Gasteiger partial charge >= 0.3 is 6.18 Å². The Morgan fingerprint density at radius 3 is 2.37 bits per heavy atom. The topological polar surface area (TPSA) is 48.7 Å². The highest BCUT2D eigenvalue weighted by atomic mass is 19.4. The number of benzene rings is 1. The average molecular weight is 375 g/mol. The number of nitrogens with zero attached hydrogens (tertiary/aromatic N) is 3. The van der Waals surface area contributed by atoms with Crippen molar-refractivity contribution in [2.45, 2.75) is 31.8 Å². The van der Waals surface area contributed by atoms with E-state index in [-0.39, 0.29) is 6.54 Å². The molecule has 1 aromatic heterocycles. The van der Waals surface area contributed by atoms with Gasteiger partial charge in [0.15, 0.2) is 0 Å². The summed E-state index contributed by atoms with van der Waals surface area (Å²) in [7, 11) is 0. The smallest absolute Gasteiger partial charge is 0.389 e. The number of β-amino-alcohol motifs (C(OH)–C–C–N with tert-alkyl or cyclic N) is 1. The minimum absolute atomic E-state index is 0.247. The number of aliphatic hydroxyl groups is 1. The van der Waals surface area contributed by atoms with Crippen molar-refractivity contribution in [1.82, 2.24) is 9.88 Å². The first-order valence-electron chi connectivity index (χ1n) is 8.45. The van der Waals surface area contributed by atoms with Crippen LogP contribution in [0.25, 0.3) is 5.70 Å². The minimum atomic E-state index is -4.38. The van der Waals surface area contributed by atoms with Gasteiger partial charge in [0, 0.05) is 36.4 Å². The number of alkyl halides is 3. The molecule has 1 atom stereocenters. The third kappa shape index (κ3) is 4.54. The SMILES string of the molecule is CC(C)(O)CN1C(c2ccc(C(F)(F)F)cc2)=CC=NC1c1cccnc1. The fraction of sp³-hybridized carbons (Fsp3) is 0.300. The van der Waals surface area contributed by atoms with Crippen LogP contribution in [0.15, 0.2) is 59.9 Å². The lowest BCUT2D eigenvalue weighted by atomic mass is 10.0. The third-order valence-electron chi connectivity index (χ3n) is 4.11. The Kier molecular flexibility index (Phi) is 5.06. The highest BCUT2D eigenvalue weighted by molar-refractivity contribution is 5.86. The zero-order valence-electron chi connectivity index (χ0n) is 15.0. The summed E-state index contributed by atoms with van der Waals surface area (Å²) in [5.74, 6) is 0. The van der Waals surface area contributed by atoms with Crippen LogP contribution in [-0.4, -0.2) is 33.4 Å². The highest BCUT2D eigenvalue weighted by Crippen LogP contribution is 2.36. The molecule has 0 bridgehead atoms. The summed E-state index contributed by atoms with van der Waals surface area (Å²) in [5, 5.41) is 10.4. The lowest BCUT2D eigenvalue weighted by Crippen LogP contribution is -2.40. The lowest BCUT2D eigenvalue weighted by Gasteiger charge is -2.38. The first-order valence-corrected chi connectivity index (χ1v) is 8.45. The van der Waals surface area contributed by atoms with Crippen LogP contribution in [-0.2, 0) is 6.18 Å². The number of aromatic nitrogens is 1. The van der Waals surface area contributed by atoms with Crippen molar-refractivity contribution in [3.63, 3.8) is 0 Å². The van der Waals surface area contributed by atoms with E-state index >= 15 is 0 Å². The first-order chi connectivity index (χ1) is 12.6. The fourth-order valence-corrected chi connectivity index (χ4v) is 2.98. The maximum absolute atomic E-state index is 12.9. The van der Waals surface area contributed by atoms with E-state index in [1.54, 1.807) is 44.6 Å². The van der Waals surface area contributed by atoms with Crippen molar-refractivity contribution in [1.29, 1.82) is 0 Å². The molecule has 0 aliphatic carbocycles. The molecule has 0 radical (unpaired) electrons. The van der Waals surface area contributed by atoms with Gasteiger partial charge in [-0.05, 0) is 43.7 Å². The Balaban J connectivity index is 1.99. The number of pyridine rings is 1. The Morgan fingerprint density at radius 1 is 1.11 bits per heavy atom. The molecule has 0 fully saturated rings. The van der Waals surface area contributed by atoms with Crippen LogP contribution < -0.4 is 0 Å². The molecule has 2 heterocycles. The Bertz CT molecular complexity index is 838. The second-order valence-corrected chi connectivity index (χ2v) is 7.03. The van der Waals surface area contributed by atoms with Crippen molar-refractivity contribution in [2.75, 3.05) is 6.54 Å². The molecule has 1 aromatic carbocycles. The van der Waals surface area contributed by atoms with Gasteiger partial charge < -0.3 is 10.0 Å². The van der Waals surface area contributed by atoms with Gasteiger partial charge in [0.1, 0.15) is 6.17 Å². The second kappa shape index (κ2) is 7.15. The normalized spacial score (nSPS) is 17.8. The van der Waals surface area contributed by atoms with E-state index in [0.717, 1.165) is 17.7 Å². The van der Waals surface area contributed by atoms with Gasteiger partial charge in [0.25, 0.3) is 0 Å². The van der Waals surface area contributed by atoms with Gasteiger partial charge in [-0.1, -0.05) is 18.2 Å². The molecule has 2 aromatic rings. The maximum atomic E-state index is 12.9. The van der Waals surface area contributed by atoms with Crippen LogP contribution >= 0.6 is 0 Å². The number of hydrogen-bond acceptors (Lipinski definition) is 4. The molecule has 0 amide bonds. The second-order valence-electron chi connectivity index (χ2n) is 7.03. The van der Waals surface area contributed by atoms with Crippen molar-refractivity contribution in [3.05, 3.63) is 71.6 Å². The highest BCUT2D eigenvalue weighted by Gasteiger charge is 2.32. The van der Waals surface area contributed by atoms with E-state index < -0.39 is 23.5 Å². The van der Waals surface area contributed by atoms with Crippen LogP contribution in [0.3, 0.4) is 0 Å². The van der Waals surface area contributed by atoms with Crippen molar-refractivity contribution in [3.8, 4) is 0 Å². The summed E-state index contributed by atoms with van der Waals surface area (Å²) in [4.78, 5) is 10.5. The van der Waals surface area contributed by atoms with Gasteiger partial charge in [-0.15, -0.1) is 0 Å². The molecule has 0 spiro atoms. The van der Waals surface area contributed by atoms with Crippen molar-refractivity contribution in [2.24, 2.45) is 4.99 Å². The summed E-state index contributed by atoms with van der Waals surface area (Å²) in [5.41, 5.74) is 0.407. The van der Waals surface area contributed by atoms with E-state index in [4.69, 9.17) is 0 Å². The fourth-order valence-electron chi connectivity index (χ4n) is 2.98. The lowest BCUT2D eigenvalue weighted by molar-refractivity contribution is -0.137. The van der Waals surface area contributed by atoms with E-state index in [9.17, 15) is 18.3 Å². The van der Waals surface area contributed by atoms with Crippen molar-refractivity contribution < 1.29 is 18.3 Å². The van der Waals surface area contributed by atoms with Gasteiger partial charge in [-0.25, -0.2) is 0 Å². The summed E-state index contributed by atoms with van der Waals surface area (Å²) < 4.78 is 38.6. The Hall–Kier alpha value is -2.67. The van der Waals surface area contributed by atoms with E-state index in [0.29, 0.717) is 11.3 Å². The molecule has 1 aliphatic heterocycles. The first kappa shape index (κ1) is 19.1. The molecule has 1 unspecified atom stereocenters. The minimum Gasteiger partial charge on any atom is -0.389 e. The molecule has 0 saturated carbocycles. The quantitative estimate of drug-likeness (QED) is 0.867. The van der Waals surface area contributed by atoms with Crippen LogP contribution in [0.1, 0.15) is 36.7 Å². The Labute approximate surface area is 155 Å². The number of halogens is 3. The molecule has 4 nitrogen and oxygen atoms in total. The summed E-state index contributed by atoms with van der Waals surface area (Å²) in [6.45, 7) is 3.60. The van der Waals surface area contributed by atoms with E-state index in [1.165, 1.54) is 12.1 Å². The molecule has 27 heavy (non-hydrogen) atoms. The molecule has 7 heteroatoms. The molecule has 1 N–H and O–H groups in total. The summed E-state index contributed by atoms with van der Waals surface area (Å²) in [6, 6.07) is 8.66. The standard InChI is InChI=1S/C20H20F3N3O/c1-19(2,27)13-26-17(14-5-7-16(8-6-14)20(21,22)23)9-11-25-18(26)15-4-3-10-24-12-15/h3-12,18,27H,13H2,1-2H3. The molecular formula is C20H20F3N3O. The van der Waals surface area contributed by atoms with E-state index in [2.05, 4.69) is 9.98 Å². The molecule has 0 saturated heterocycles. The monoisotopic (exact) mass is 375 g/mol. The summed E-state index contributed by atoms with van der Waals surface area (Å²) in [6.07, 6.45) is 1.91. The van der Waals surface area contributed by atoms with Crippen LogP contribution in [0, 0.1) is 0 Å². The molecule has 3 rings (SSSR count). The van der Waals surface area contributed by atoms with Gasteiger partial charge in [-0.3, -0.25) is 9.98 Å². The largest absolute Gasteiger partial charge is 0.416 e. The number of hydrogen-bond donors (Lipinski definition) is 1. The van der Waals surface area contributed by atoms with Gasteiger partial charge in [0.2, 0.25) is 0 Å². The van der Waals surface area contributed by atoms with Crippen LogP contribution in [0.5, 0.6) is 0 Å². The van der Waals surface area contributed by atoms with Gasteiger partial charge in [-0.2, -0.15) is 13.2 Å². The molecular weight excluding hydrogens is 355 g/mol. The molecule has 142 valence electrons. The zero-order chi connectivity index (χ0) is 19.7. The predicted octanol–water partition coefficient (Wildman–Crippen LogP) is 4.30. The van der Waals surface area contributed by atoms with E-state index in [1.807, 2.05) is 11.0 Å². The number of rotatable bonds is 4. The average Bonchev–Trinajstić information content (AvgIpc) is 2.61. The van der Waals surface area contributed by atoms with Crippen LogP contribution in [0.2, 0.25) is 0 Å². The number of aliphatic imine (C=N–C) groups is 1. The molecule has 1 aliphatic rings. The van der Waals surface area contributed by atoms with Crippen LogP contribution in [0.4, 0.5) is 13.2 Å². The predicted molar refractivity (Wildman–Crippen MR) is 97.9 cm³/mol. The maximum Gasteiger partial charge on any atom is 0.416 e. The van der Waals surface area contributed by atoms with Gasteiger partial charge in [0.05, 0.1) is 11.2 Å². The third-order valence-corrected chi connectivity index (χ3v) is 4.11. The Morgan fingerprint density at radius 2 is 1.81 bits per heavy atom. The van der Waals surface area contributed by atoms with Crippen molar-refractivity contribution >= 4 is 11.9 Å². The summed E-state index contributed by atoms with van der Waals surface area (Å²) >= 11 is 0.